The number of hydrogen-bond donors (Lipinski definition) is 1. The predicted molar refractivity (Wildman–Crippen MR) is 78.1 cm³/mol. The molecule has 0 radical (unpaired) electrons. The number of carbonyl (C=O) groups excluding carboxylic acids is 2. The van der Waals surface area contributed by atoms with Crippen LogP contribution in [0.2, 0.25) is 0 Å². The number of nitrogens with zero attached hydrogens (tertiary/aromatic N) is 3. The van der Waals surface area contributed by atoms with Crippen molar-refractivity contribution in [3.05, 3.63) is 28.5 Å². The number of primary amides is 1. The maximum absolute atomic E-state index is 12.4. The highest BCUT2D eigenvalue weighted by Crippen LogP contribution is 2.16. The Morgan fingerprint density at radius 2 is 2.10 bits per heavy atom. The minimum atomic E-state index is -0.334. The minimum Gasteiger partial charge on any atom is -0.369 e. The van der Waals surface area contributed by atoms with Gasteiger partial charge in [-0.15, -0.1) is 0 Å². The molecule has 6 nitrogen and oxygen atoms in total. The third-order valence-electron chi connectivity index (χ3n) is 3.24. The van der Waals surface area contributed by atoms with Crippen molar-refractivity contribution < 1.29 is 9.59 Å². The van der Waals surface area contributed by atoms with Crippen molar-refractivity contribution in [1.82, 2.24) is 14.8 Å². The first kappa shape index (κ1) is 14.9. The van der Waals surface area contributed by atoms with Crippen LogP contribution in [0.1, 0.15) is 16.8 Å². The first-order valence-electron chi connectivity index (χ1n) is 6.48. The molecule has 0 unspecified atom stereocenters. The van der Waals surface area contributed by atoms with E-state index in [-0.39, 0.29) is 18.4 Å². The summed E-state index contributed by atoms with van der Waals surface area (Å²) in [5.74, 6) is -0.370. The van der Waals surface area contributed by atoms with Gasteiger partial charge in [0.05, 0.1) is 12.1 Å². The zero-order valence-electron chi connectivity index (χ0n) is 11.1. The van der Waals surface area contributed by atoms with Crippen molar-refractivity contribution in [2.75, 3.05) is 32.7 Å². The lowest BCUT2D eigenvalue weighted by molar-refractivity contribution is -0.119. The minimum absolute atomic E-state index is 0.0362. The van der Waals surface area contributed by atoms with E-state index in [9.17, 15) is 9.59 Å². The van der Waals surface area contributed by atoms with Crippen LogP contribution in [0.15, 0.2) is 22.9 Å². The molecule has 2 rings (SSSR count). The van der Waals surface area contributed by atoms with Gasteiger partial charge in [-0.3, -0.25) is 14.5 Å². The van der Waals surface area contributed by atoms with Crippen LogP contribution < -0.4 is 5.73 Å². The Morgan fingerprint density at radius 1 is 1.30 bits per heavy atom. The number of pyridine rings is 1. The molecule has 1 aromatic rings. The molecular formula is C13H17BrN4O2. The normalized spacial score (nSPS) is 16.8. The smallest absolute Gasteiger partial charge is 0.256 e. The molecule has 0 aliphatic carbocycles. The van der Waals surface area contributed by atoms with Crippen LogP contribution in [0.4, 0.5) is 0 Å². The van der Waals surface area contributed by atoms with Crippen LogP contribution in [0, 0.1) is 0 Å². The van der Waals surface area contributed by atoms with Gasteiger partial charge in [0, 0.05) is 32.4 Å². The van der Waals surface area contributed by atoms with E-state index in [1.54, 1.807) is 23.2 Å². The Bertz CT molecular complexity index is 509. The van der Waals surface area contributed by atoms with E-state index < -0.39 is 0 Å². The molecule has 2 N–H and O–H groups in total. The Morgan fingerprint density at radius 3 is 2.80 bits per heavy atom. The van der Waals surface area contributed by atoms with E-state index in [1.165, 1.54) is 0 Å². The lowest BCUT2D eigenvalue weighted by Gasteiger charge is -2.21. The molecule has 0 spiro atoms. The van der Waals surface area contributed by atoms with Gasteiger partial charge in [0.15, 0.2) is 0 Å². The van der Waals surface area contributed by atoms with E-state index in [4.69, 9.17) is 5.73 Å². The Kier molecular flexibility index (Phi) is 5.08. The first-order valence-corrected chi connectivity index (χ1v) is 7.27. The topological polar surface area (TPSA) is 79.5 Å². The standard InChI is InChI=1S/C13H17BrN4O2/c14-12-10(3-1-4-16-12)13(20)18-6-2-5-17(7-8-18)9-11(15)19/h1,3-4H,2,5-9H2,(H2,15,19). The number of aromatic nitrogens is 1. The van der Waals surface area contributed by atoms with Gasteiger partial charge in [-0.25, -0.2) is 4.98 Å². The predicted octanol–water partition coefficient (Wildman–Crippen LogP) is 0.477. The molecule has 1 aliphatic heterocycles. The SMILES string of the molecule is NC(=O)CN1CCCN(C(=O)c2cccnc2Br)CC1. The van der Waals surface area contributed by atoms with Crippen molar-refractivity contribution in [3.63, 3.8) is 0 Å². The molecule has 1 aliphatic rings. The second-order valence-corrected chi connectivity index (χ2v) is 5.48. The Hall–Kier alpha value is -1.47. The lowest BCUT2D eigenvalue weighted by atomic mass is 10.2. The second kappa shape index (κ2) is 6.81. The van der Waals surface area contributed by atoms with Gasteiger partial charge < -0.3 is 10.6 Å². The highest BCUT2D eigenvalue weighted by molar-refractivity contribution is 9.10. The molecule has 20 heavy (non-hydrogen) atoms. The van der Waals surface area contributed by atoms with E-state index in [2.05, 4.69) is 20.9 Å². The fraction of sp³-hybridized carbons (Fsp3) is 0.462. The van der Waals surface area contributed by atoms with E-state index in [0.29, 0.717) is 29.8 Å². The van der Waals surface area contributed by atoms with Crippen molar-refractivity contribution >= 4 is 27.7 Å². The molecule has 0 saturated carbocycles. The van der Waals surface area contributed by atoms with E-state index >= 15 is 0 Å². The van der Waals surface area contributed by atoms with Gasteiger partial charge in [-0.05, 0) is 34.5 Å². The van der Waals surface area contributed by atoms with Crippen LogP contribution in [-0.2, 0) is 4.79 Å². The highest BCUT2D eigenvalue weighted by atomic mass is 79.9. The quantitative estimate of drug-likeness (QED) is 0.811. The summed E-state index contributed by atoms with van der Waals surface area (Å²) in [4.78, 5) is 31.2. The van der Waals surface area contributed by atoms with Gasteiger partial charge in [-0.2, -0.15) is 0 Å². The van der Waals surface area contributed by atoms with E-state index in [1.807, 2.05) is 4.90 Å². The Balaban J connectivity index is 2.02. The van der Waals surface area contributed by atoms with Gasteiger partial charge in [-0.1, -0.05) is 0 Å². The molecule has 2 amide bonds. The summed E-state index contributed by atoms with van der Waals surface area (Å²) in [6.45, 7) is 2.95. The fourth-order valence-corrected chi connectivity index (χ4v) is 2.69. The average Bonchev–Trinajstić information content (AvgIpc) is 2.63. The summed E-state index contributed by atoms with van der Waals surface area (Å²) >= 11 is 3.30. The molecule has 1 aromatic heterocycles. The number of carbonyl (C=O) groups is 2. The summed E-state index contributed by atoms with van der Waals surface area (Å²) in [6, 6.07) is 3.50. The zero-order chi connectivity index (χ0) is 14.5. The van der Waals surface area contributed by atoms with Crippen LogP contribution >= 0.6 is 15.9 Å². The molecule has 1 saturated heterocycles. The molecule has 0 aromatic carbocycles. The lowest BCUT2D eigenvalue weighted by Crippen LogP contribution is -2.38. The van der Waals surface area contributed by atoms with Gasteiger partial charge in [0.2, 0.25) is 5.91 Å². The number of hydrogen-bond acceptors (Lipinski definition) is 4. The van der Waals surface area contributed by atoms with E-state index in [0.717, 1.165) is 13.0 Å². The third-order valence-corrected chi connectivity index (χ3v) is 3.88. The van der Waals surface area contributed by atoms with Crippen LogP contribution in [0.3, 0.4) is 0 Å². The average molecular weight is 341 g/mol. The number of halogens is 1. The van der Waals surface area contributed by atoms with Crippen molar-refractivity contribution in [3.8, 4) is 0 Å². The molecule has 1 fully saturated rings. The van der Waals surface area contributed by atoms with Crippen LogP contribution in [-0.4, -0.2) is 59.3 Å². The number of nitrogens with two attached hydrogens (primary N) is 1. The summed E-state index contributed by atoms with van der Waals surface area (Å²) in [5, 5.41) is 0. The molecule has 7 heteroatoms. The maximum Gasteiger partial charge on any atom is 0.256 e. The van der Waals surface area contributed by atoms with Gasteiger partial charge in [0.1, 0.15) is 4.60 Å². The molecule has 0 atom stereocenters. The monoisotopic (exact) mass is 340 g/mol. The fourth-order valence-electron chi connectivity index (χ4n) is 2.27. The summed E-state index contributed by atoms with van der Waals surface area (Å²) < 4.78 is 0.559. The first-order chi connectivity index (χ1) is 9.58. The summed E-state index contributed by atoms with van der Waals surface area (Å²) in [7, 11) is 0. The van der Waals surface area contributed by atoms with Crippen molar-refractivity contribution in [2.24, 2.45) is 5.73 Å². The van der Waals surface area contributed by atoms with Gasteiger partial charge in [0.25, 0.3) is 5.91 Å². The highest BCUT2D eigenvalue weighted by Gasteiger charge is 2.22. The van der Waals surface area contributed by atoms with Crippen molar-refractivity contribution in [2.45, 2.75) is 6.42 Å². The molecule has 2 heterocycles. The summed E-state index contributed by atoms with van der Waals surface area (Å²) in [5.41, 5.74) is 5.77. The summed E-state index contributed by atoms with van der Waals surface area (Å²) in [6.07, 6.45) is 2.47. The Labute approximate surface area is 126 Å². The number of amides is 2. The second-order valence-electron chi connectivity index (χ2n) is 4.73. The van der Waals surface area contributed by atoms with Crippen LogP contribution in [0.5, 0.6) is 0 Å². The molecule has 0 bridgehead atoms. The molecule has 108 valence electrons. The van der Waals surface area contributed by atoms with Crippen molar-refractivity contribution in [1.29, 1.82) is 0 Å². The number of rotatable bonds is 3. The molecular weight excluding hydrogens is 324 g/mol. The maximum atomic E-state index is 12.4. The largest absolute Gasteiger partial charge is 0.369 e. The van der Waals surface area contributed by atoms with Gasteiger partial charge >= 0.3 is 0 Å². The third kappa shape index (κ3) is 3.77. The van der Waals surface area contributed by atoms with Crippen LogP contribution in [0.25, 0.3) is 0 Å². The zero-order valence-corrected chi connectivity index (χ0v) is 12.7.